The van der Waals surface area contributed by atoms with Gasteiger partial charge in [-0.15, -0.1) is 0 Å². The Labute approximate surface area is 697 Å². The molecule has 31 heteroatoms. The number of benzene rings is 11. The van der Waals surface area contributed by atoms with E-state index in [2.05, 4.69) is 31.6 Å². The van der Waals surface area contributed by atoms with Gasteiger partial charge in [-0.3, -0.25) is 82.7 Å². The van der Waals surface area contributed by atoms with Gasteiger partial charge in [0.05, 0.1) is 15.4 Å². The van der Waals surface area contributed by atoms with Gasteiger partial charge in [-0.2, -0.15) is 0 Å². The van der Waals surface area contributed by atoms with E-state index >= 15 is 0 Å². The Morgan fingerprint density at radius 1 is 0.325 bits per heavy atom. The second-order valence-electron chi connectivity index (χ2n) is 24.1. The number of nitrogens with zero attached hydrogens (tertiary/aromatic N) is 4. The summed E-state index contributed by atoms with van der Waals surface area (Å²) in [6.07, 6.45) is 3.05. The maximum absolute atomic E-state index is 12.4. The maximum Gasteiger partial charge on any atom is 0.270 e. The van der Waals surface area contributed by atoms with Crippen LogP contribution in [-0.2, 0) is 0 Å². The summed E-state index contributed by atoms with van der Waals surface area (Å²) in [5.41, 5.74) is 8.17. The molecule has 0 unspecified atom stereocenters. The number of nitrogens with one attached hydrogen (secondary N) is 5. The Kier molecular flexibility index (Phi) is 34.7. The van der Waals surface area contributed by atoms with Crippen molar-refractivity contribution >= 4 is 183 Å². The number of non-ortho nitro benzene ring substituents is 2. The van der Waals surface area contributed by atoms with Gasteiger partial charge >= 0.3 is 0 Å². The van der Waals surface area contributed by atoms with Gasteiger partial charge in [0.1, 0.15) is 0 Å². The number of ketones is 1. The van der Waals surface area contributed by atoms with Gasteiger partial charge in [-0.25, -0.2) is 0 Å². The molecule has 5 N–H and O–H groups in total. The third-order valence-electron chi connectivity index (χ3n) is 15.6. The molecule has 0 saturated carbocycles. The minimum atomic E-state index is -0.627. The van der Waals surface area contributed by atoms with Crippen LogP contribution in [0.3, 0.4) is 0 Å². The van der Waals surface area contributed by atoms with Gasteiger partial charge in [-0.1, -0.05) is 108 Å². The van der Waals surface area contributed by atoms with Crippen LogP contribution in [0, 0.1) is 27.2 Å². The average molecular weight is 1690 g/mol. The predicted molar refractivity (Wildman–Crippen MR) is 452 cm³/mol. The number of carbonyl (C=O) groups is 12. The molecule has 0 radical (unpaired) electrons. The average Bonchev–Trinajstić information content (AvgIpc) is 0.824. The first-order valence-corrected chi connectivity index (χ1v) is 36.3. The molecule has 0 spiro atoms. The molecular weight excluding hydrogens is 1630 g/mol. The Bertz CT molecular complexity index is 5510. The molecule has 0 saturated heterocycles. The summed E-state index contributed by atoms with van der Waals surface area (Å²) in [5.74, 6) is -2.05. The van der Waals surface area contributed by atoms with Crippen molar-refractivity contribution in [2.45, 2.75) is 13.8 Å². The van der Waals surface area contributed by atoms with Crippen LogP contribution < -0.4 is 31.5 Å². The minimum Gasteiger partial charge on any atom is -0.322 e. The molecule has 12 rings (SSSR count). The molecule has 0 aliphatic carbocycles. The number of hydrogen-bond donors (Lipinski definition) is 5. The molecular formula is C86H63Cl6N9O16. The van der Waals surface area contributed by atoms with E-state index in [9.17, 15) is 77.8 Å². The van der Waals surface area contributed by atoms with Gasteiger partial charge in [0.25, 0.3) is 73.0 Å². The number of Topliss-reactive ketones (excluding diaryl/α,β-unsaturated/α-hetero) is 1. The molecule has 1 heterocycles. The lowest BCUT2D eigenvalue weighted by Gasteiger charge is -2.17. The molecule has 0 aliphatic rings. The zero-order valence-corrected chi connectivity index (χ0v) is 65.9. The van der Waals surface area contributed by atoms with Gasteiger partial charge < -0.3 is 31.5 Å². The lowest BCUT2D eigenvalue weighted by atomic mass is 10.1. The molecule has 6 amide bonds. The van der Waals surface area contributed by atoms with E-state index in [0.29, 0.717) is 89.2 Å². The zero-order chi connectivity index (χ0) is 85.3. The summed E-state index contributed by atoms with van der Waals surface area (Å²) >= 11 is 32.8. The normalized spacial score (nSPS) is 9.96. The van der Waals surface area contributed by atoms with Crippen LogP contribution in [0.4, 0.5) is 45.5 Å². The lowest BCUT2D eigenvalue weighted by molar-refractivity contribution is -0.385. The summed E-state index contributed by atoms with van der Waals surface area (Å²) in [7, 11) is 1.51. The summed E-state index contributed by atoms with van der Waals surface area (Å²) in [6.45, 7) is 3.35. The first-order chi connectivity index (χ1) is 55.8. The number of hydrogen-bond acceptors (Lipinski definition) is 17. The van der Waals surface area contributed by atoms with Crippen molar-refractivity contribution in [3.8, 4) is 0 Å². The molecule has 0 bridgehead atoms. The SMILES string of the molecule is CC(=O)c1cccc(NC(=O)c2cccc([N+](=O)[O-])c2)c1.CN(C(=O)c1cccc([N+](=O)[O-])c1)c1cccc(C(=O)Cl)c1.Cc1cccc(C(=O)Nc2cccc(C(=O)Cl)c2)c1.O=C(Cl)c1cccc(NC(=O)c2cccc(Cl)c2)c1.O=C(Cl)c1cccc(NC(=O)c2ccccc2)c1.O=C(Cl)c1cccc(NC(=O)c2cccnc2)c1. The quantitative estimate of drug-likeness (QED) is 0.0205. The number of nitro benzene ring substituents is 2. The molecule has 117 heavy (non-hydrogen) atoms. The fourth-order valence-electron chi connectivity index (χ4n) is 9.87. The molecule has 0 atom stereocenters. The zero-order valence-electron chi connectivity index (χ0n) is 61.4. The highest BCUT2D eigenvalue weighted by molar-refractivity contribution is 6.69. The van der Waals surface area contributed by atoms with E-state index in [1.807, 2.05) is 25.1 Å². The van der Waals surface area contributed by atoms with Gasteiger partial charge in [-0.05, 0) is 242 Å². The minimum absolute atomic E-state index is 0.110. The molecule has 25 nitrogen and oxygen atoms in total. The third-order valence-corrected chi connectivity index (χ3v) is 17.0. The highest BCUT2D eigenvalue weighted by atomic mass is 35.5. The van der Waals surface area contributed by atoms with Crippen LogP contribution in [-0.4, -0.2) is 89.3 Å². The third kappa shape index (κ3) is 29.5. The molecule has 0 fully saturated rings. The monoisotopic (exact) mass is 1690 g/mol. The number of aryl methyl sites for hydroxylation is 1. The number of nitro groups is 2. The Hall–Kier alpha value is -14.1. The number of halogens is 6. The smallest absolute Gasteiger partial charge is 0.270 e. The fraction of sp³-hybridized carbons (Fsp3) is 0.0349. The highest BCUT2D eigenvalue weighted by Crippen LogP contribution is 2.24. The summed E-state index contributed by atoms with van der Waals surface area (Å²) in [4.78, 5) is 164. The molecule has 1 aromatic heterocycles. The van der Waals surface area contributed by atoms with Crippen LogP contribution in [0.2, 0.25) is 5.02 Å². The number of amides is 6. The molecule has 12 aromatic rings. The van der Waals surface area contributed by atoms with Gasteiger partial charge in [0, 0.05) is 144 Å². The van der Waals surface area contributed by atoms with Crippen molar-refractivity contribution in [1.82, 2.24) is 4.98 Å². The van der Waals surface area contributed by atoms with Crippen LogP contribution in [0.15, 0.2) is 298 Å². The van der Waals surface area contributed by atoms with Crippen LogP contribution in [0.1, 0.15) is 137 Å². The van der Waals surface area contributed by atoms with Crippen LogP contribution >= 0.6 is 69.6 Å². The summed E-state index contributed by atoms with van der Waals surface area (Å²) in [5, 5.41) is 32.5. The van der Waals surface area contributed by atoms with Crippen molar-refractivity contribution in [1.29, 1.82) is 0 Å². The first kappa shape index (κ1) is 90.1. The predicted octanol–water partition coefficient (Wildman–Crippen LogP) is 19.9. The lowest BCUT2D eigenvalue weighted by Crippen LogP contribution is -2.26. The van der Waals surface area contributed by atoms with E-state index in [1.54, 1.807) is 194 Å². The number of anilines is 6. The number of carbonyl (C=O) groups excluding carboxylic acids is 12. The summed E-state index contributed by atoms with van der Waals surface area (Å²) in [6, 6.07) is 75.5. The number of rotatable bonds is 20. The molecule has 11 aromatic carbocycles. The topological polar surface area (TPSA) is 367 Å². The Balaban J connectivity index is 0.000000194. The standard InChI is InChI=1S/C15H11ClN2O4.C15H12ClNO2.C15H12N2O4.C14H9Cl2NO2.C14H10ClNO2.C13H9ClN2O2/c1-17(12-6-2-4-10(8-12)14(16)19)15(20)11-5-3-7-13(9-11)18(21)22;1-10-4-2-6-12(8-10)15(19)17-13-7-3-5-11(9-13)14(16)18;1-10(18)11-4-2-6-13(8-11)16-15(19)12-5-3-7-14(9-12)17(20)21;15-11-5-1-4-10(7-11)14(19)17-12-6-2-3-9(8-12)13(16)18;15-13(17)11-7-4-8-12(9-11)16-14(18)10-5-2-1-3-6-10;14-12(17)9-3-1-5-11(7-9)16-13(18)10-4-2-6-15-8-10/h2-9H,1H3;2-9H,1H3,(H,17,19);2-9H,1H3,(H,16,19);1-8H,(H,17,19);1-9H,(H,16,18);1-8H,(H,16,18). The van der Waals surface area contributed by atoms with E-state index in [-0.39, 0.29) is 57.5 Å². The van der Waals surface area contributed by atoms with E-state index in [4.69, 9.17) is 69.6 Å². The second-order valence-corrected chi connectivity index (χ2v) is 26.3. The Morgan fingerprint density at radius 2 is 0.632 bits per heavy atom. The van der Waals surface area contributed by atoms with E-state index < -0.39 is 47.9 Å². The van der Waals surface area contributed by atoms with Crippen molar-refractivity contribution in [2.75, 3.05) is 38.5 Å². The number of pyridine rings is 1. The van der Waals surface area contributed by atoms with E-state index in [0.717, 1.165) is 5.56 Å². The van der Waals surface area contributed by atoms with E-state index in [1.165, 1.54) is 104 Å². The fourth-order valence-corrected chi connectivity index (χ4v) is 10.7. The van der Waals surface area contributed by atoms with Crippen molar-refractivity contribution in [3.05, 3.63) is 395 Å². The Morgan fingerprint density at radius 3 is 1.02 bits per heavy atom. The van der Waals surface area contributed by atoms with Crippen LogP contribution in [0.5, 0.6) is 0 Å². The second kappa shape index (κ2) is 45.0. The number of aromatic nitrogens is 1. The van der Waals surface area contributed by atoms with Crippen LogP contribution in [0.25, 0.3) is 0 Å². The molecule has 590 valence electrons. The van der Waals surface area contributed by atoms with Gasteiger partial charge in [0.15, 0.2) is 5.78 Å². The first-order valence-electron chi connectivity index (χ1n) is 34.0. The summed E-state index contributed by atoms with van der Waals surface area (Å²) < 4.78 is 0. The van der Waals surface area contributed by atoms with Crippen molar-refractivity contribution < 1.29 is 67.4 Å². The van der Waals surface area contributed by atoms with Crippen molar-refractivity contribution in [2.24, 2.45) is 0 Å². The highest BCUT2D eigenvalue weighted by Gasteiger charge is 2.20. The van der Waals surface area contributed by atoms with Gasteiger partial charge in [0.2, 0.25) is 0 Å². The molecule has 0 aliphatic heterocycles. The van der Waals surface area contributed by atoms with Crippen molar-refractivity contribution in [3.63, 3.8) is 0 Å². The largest absolute Gasteiger partial charge is 0.322 e. The maximum atomic E-state index is 12.4.